The lowest BCUT2D eigenvalue weighted by Crippen LogP contribution is -2.37. The maximum absolute atomic E-state index is 12.6. The zero-order chi connectivity index (χ0) is 15.0. The molecule has 0 N–H and O–H groups in total. The van der Waals surface area contributed by atoms with Crippen LogP contribution in [0.15, 0.2) is 30.6 Å². The maximum Gasteiger partial charge on any atom is 0.321 e. The van der Waals surface area contributed by atoms with Crippen LogP contribution < -0.4 is 9.79 Å². The Labute approximate surface area is 127 Å². The molecule has 3 rings (SSSR count). The standard InChI is InChI=1S/C15H15ClN4O/c1-3-13-10(2)18-20-9-17-19(15(20)14(13)21)8-11-4-6-12(16)7-5-11/h4-7,9H,3,8H2,1-2H3. The summed E-state index contributed by atoms with van der Waals surface area (Å²) in [5.41, 5.74) is 3.02. The molecule has 0 unspecified atom stereocenters. The molecule has 0 saturated carbocycles. The van der Waals surface area contributed by atoms with E-state index in [0.29, 0.717) is 23.6 Å². The minimum atomic E-state index is -0.00327. The fourth-order valence-corrected chi connectivity index (χ4v) is 2.58. The van der Waals surface area contributed by atoms with Crippen LogP contribution >= 0.6 is 11.6 Å². The Balaban J connectivity index is 2.09. The van der Waals surface area contributed by atoms with Crippen LogP contribution in [0.5, 0.6) is 5.75 Å². The molecule has 1 aromatic carbocycles. The van der Waals surface area contributed by atoms with Gasteiger partial charge in [0.15, 0.2) is 0 Å². The summed E-state index contributed by atoms with van der Waals surface area (Å²) in [6.45, 7) is 4.32. The summed E-state index contributed by atoms with van der Waals surface area (Å²) in [7, 11) is 0. The van der Waals surface area contributed by atoms with Crippen LogP contribution in [0, 0.1) is 6.92 Å². The average molecular weight is 303 g/mol. The second-order valence-corrected chi connectivity index (χ2v) is 5.37. The Morgan fingerprint density at radius 1 is 1.29 bits per heavy atom. The SMILES string of the molecule is CCc1c(C)nn2cn[n+](Cc3ccc(Cl)cc3)c2c1[O-]. The van der Waals surface area contributed by atoms with Gasteiger partial charge in [-0.25, -0.2) is 0 Å². The van der Waals surface area contributed by atoms with E-state index in [1.807, 2.05) is 38.1 Å². The van der Waals surface area contributed by atoms with E-state index >= 15 is 0 Å². The van der Waals surface area contributed by atoms with Crippen LogP contribution in [-0.2, 0) is 13.0 Å². The molecule has 0 fully saturated rings. The van der Waals surface area contributed by atoms with Gasteiger partial charge < -0.3 is 5.11 Å². The third-order valence-electron chi connectivity index (χ3n) is 3.53. The normalized spacial score (nSPS) is 11.2. The number of aryl methyl sites for hydroxylation is 1. The number of nitrogens with zero attached hydrogens (tertiary/aromatic N) is 4. The first-order valence-corrected chi connectivity index (χ1v) is 7.16. The summed E-state index contributed by atoms with van der Waals surface area (Å²) in [5, 5.41) is 21.9. The first-order valence-electron chi connectivity index (χ1n) is 6.78. The molecular formula is C15H15ClN4O. The Kier molecular flexibility index (Phi) is 3.51. The van der Waals surface area contributed by atoms with E-state index in [1.54, 1.807) is 15.5 Å². The number of fused-ring (bicyclic) bond motifs is 1. The van der Waals surface area contributed by atoms with Gasteiger partial charge in [-0.2, -0.15) is 0 Å². The van der Waals surface area contributed by atoms with Crippen molar-refractivity contribution in [3.05, 3.63) is 52.4 Å². The van der Waals surface area contributed by atoms with Crippen LogP contribution in [0.3, 0.4) is 0 Å². The minimum Gasteiger partial charge on any atom is -0.867 e. The van der Waals surface area contributed by atoms with Crippen molar-refractivity contribution < 1.29 is 9.79 Å². The number of rotatable bonds is 3. The third-order valence-corrected chi connectivity index (χ3v) is 3.78. The molecule has 0 atom stereocenters. The van der Waals surface area contributed by atoms with Crippen molar-refractivity contribution in [1.82, 2.24) is 14.7 Å². The molecule has 0 amide bonds. The van der Waals surface area contributed by atoms with E-state index < -0.39 is 0 Å². The molecule has 2 aromatic heterocycles. The van der Waals surface area contributed by atoms with Crippen molar-refractivity contribution in [1.29, 1.82) is 0 Å². The highest BCUT2D eigenvalue weighted by atomic mass is 35.5. The molecule has 3 aromatic rings. The number of hydrogen-bond acceptors (Lipinski definition) is 3. The molecular weight excluding hydrogens is 288 g/mol. The van der Waals surface area contributed by atoms with Gasteiger partial charge in [-0.1, -0.05) is 40.3 Å². The van der Waals surface area contributed by atoms with Crippen LogP contribution in [0.1, 0.15) is 23.7 Å². The van der Waals surface area contributed by atoms with E-state index in [4.69, 9.17) is 11.6 Å². The molecule has 0 aliphatic carbocycles. The smallest absolute Gasteiger partial charge is 0.321 e. The van der Waals surface area contributed by atoms with Gasteiger partial charge in [0.2, 0.25) is 0 Å². The molecule has 21 heavy (non-hydrogen) atoms. The van der Waals surface area contributed by atoms with E-state index in [2.05, 4.69) is 10.2 Å². The molecule has 2 heterocycles. The number of hydrogen-bond donors (Lipinski definition) is 0. The maximum atomic E-state index is 12.6. The minimum absolute atomic E-state index is 0.00327. The summed E-state index contributed by atoms with van der Waals surface area (Å²) in [6.07, 6.45) is 2.24. The Bertz CT molecular complexity index is 796. The number of benzene rings is 1. The molecule has 6 heteroatoms. The zero-order valence-corrected chi connectivity index (χ0v) is 12.6. The number of halogens is 1. The van der Waals surface area contributed by atoms with Crippen molar-refractivity contribution in [2.24, 2.45) is 0 Å². The van der Waals surface area contributed by atoms with Crippen LogP contribution in [0.2, 0.25) is 5.02 Å². The van der Waals surface area contributed by atoms with Gasteiger partial charge in [0, 0.05) is 5.02 Å². The third kappa shape index (κ3) is 2.45. The van der Waals surface area contributed by atoms with Gasteiger partial charge in [-0.3, -0.25) is 0 Å². The van der Waals surface area contributed by atoms with Gasteiger partial charge in [0.25, 0.3) is 6.33 Å². The molecule has 0 bridgehead atoms. The lowest BCUT2D eigenvalue weighted by Gasteiger charge is -2.12. The molecule has 108 valence electrons. The lowest BCUT2D eigenvalue weighted by atomic mass is 10.1. The topological polar surface area (TPSA) is 57.1 Å². The van der Waals surface area contributed by atoms with Crippen molar-refractivity contribution in [2.45, 2.75) is 26.8 Å². The van der Waals surface area contributed by atoms with Crippen molar-refractivity contribution in [3.63, 3.8) is 0 Å². The summed E-state index contributed by atoms with van der Waals surface area (Å²) < 4.78 is 3.23. The van der Waals surface area contributed by atoms with Crippen molar-refractivity contribution in [3.8, 4) is 5.75 Å². The zero-order valence-electron chi connectivity index (χ0n) is 11.9. The fraction of sp³-hybridized carbons (Fsp3) is 0.267. The summed E-state index contributed by atoms with van der Waals surface area (Å²) >= 11 is 5.88. The Hall–Kier alpha value is -2.14. The fourth-order valence-electron chi connectivity index (χ4n) is 2.45. The molecule has 0 saturated heterocycles. The second kappa shape index (κ2) is 5.33. The molecule has 0 aliphatic rings. The van der Waals surface area contributed by atoms with Crippen molar-refractivity contribution in [2.75, 3.05) is 0 Å². The van der Waals surface area contributed by atoms with E-state index in [1.165, 1.54) is 0 Å². The van der Waals surface area contributed by atoms with Crippen molar-refractivity contribution >= 4 is 17.2 Å². The largest absolute Gasteiger partial charge is 0.867 e. The Morgan fingerprint density at radius 2 is 2.00 bits per heavy atom. The van der Waals surface area contributed by atoms with Gasteiger partial charge in [-0.15, -0.1) is 4.68 Å². The quantitative estimate of drug-likeness (QED) is 0.692. The number of aromatic nitrogens is 4. The van der Waals surface area contributed by atoms with Gasteiger partial charge >= 0.3 is 5.65 Å². The summed E-state index contributed by atoms with van der Waals surface area (Å²) in [5.74, 6) is -0.00327. The molecule has 5 nitrogen and oxygen atoms in total. The van der Waals surface area contributed by atoms with E-state index in [9.17, 15) is 5.11 Å². The summed E-state index contributed by atoms with van der Waals surface area (Å²) in [4.78, 5) is 0. The monoisotopic (exact) mass is 302 g/mol. The molecule has 0 aliphatic heterocycles. The predicted octanol–water partition coefficient (Wildman–Crippen LogP) is 1.66. The average Bonchev–Trinajstić information content (AvgIpc) is 2.85. The first-order chi connectivity index (χ1) is 10.1. The van der Waals surface area contributed by atoms with E-state index in [-0.39, 0.29) is 5.75 Å². The van der Waals surface area contributed by atoms with E-state index in [0.717, 1.165) is 16.8 Å². The van der Waals surface area contributed by atoms with Crippen LogP contribution in [-0.4, -0.2) is 14.7 Å². The molecule has 0 spiro atoms. The summed E-state index contributed by atoms with van der Waals surface area (Å²) in [6, 6.07) is 7.50. The Morgan fingerprint density at radius 3 is 2.67 bits per heavy atom. The highest BCUT2D eigenvalue weighted by Gasteiger charge is 2.18. The highest BCUT2D eigenvalue weighted by molar-refractivity contribution is 6.30. The van der Waals surface area contributed by atoms with Gasteiger partial charge in [0.1, 0.15) is 6.54 Å². The predicted molar refractivity (Wildman–Crippen MR) is 77.3 cm³/mol. The first kappa shape index (κ1) is 13.8. The molecule has 0 radical (unpaired) electrons. The van der Waals surface area contributed by atoms with Crippen LogP contribution in [0.25, 0.3) is 5.65 Å². The highest BCUT2D eigenvalue weighted by Crippen LogP contribution is 2.20. The second-order valence-electron chi connectivity index (χ2n) is 4.93. The van der Waals surface area contributed by atoms with Gasteiger partial charge in [-0.05, 0) is 47.5 Å². The van der Waals surface area contributed by atoms with Crippen LogP contribution in [0.4, 0.5) is 0 Å². The van der Waals surface area contributed by atoms with Gasteiger partial charge in [0.05, 0.1) is 5.69 Å². The lowest BCUT2D eigenvalue weighted by molar-refractivity contribution is -0.721.